The molecule has 0 amide bonds. The maximum atomic E-state index is 12.1. The van der Waals surface area contributed by atoms with E-state index in [1.54, 1.807) is 0 Å². The van der Waals surface area contributed by atoms with Crippen LogP contribution >= 0.6 is 0 Å². The highest BCUT2D eigenvalue weighted by atomic mass is 16.1. The van der Waals surface area contributed by atoms with Gasteiger partial charge >= 0.3 is 0 Å². The van der Waals surface area contributed by atoms with E-state index in [2.05, 4.69) is 11.8 Å². The molecule has 0 spiro atoms. The number of carbonyl (C=O) groups excluding carboxylic acids is 1. The zero-order valence-corrected chi connectivity index (χ0v) is 12.4. The minimum absolute atomic E-state index is 0.391. The topological polar surface area (TPSA) is 20.3 Å². The van der Waals surface area contributed by atoms with Crippen molar-refractivity contribution in [3.63, 3.8) is 0 Å². The molecule has 0 radical (unpaired) electrons. The Hall–Kier alpha value is -0.370. The van der Waals surface area contributed by atoms with Crippen molar-refractivity contribution in [1.29, 1.82) is 0 Å². The molecule has 0 bridgehead atoms. The smallest absolute Gasteiger partial charge is 0.137 e. The second kappa shape index (κ2) is 5.95. The highest BCUT2D eigenvalue weighted by Gasteiger charge is 2.42. The van der Waals surface area contributed by atoms with Gasteiger partial charge in [-0.05, 0) is 51.0 Å². The van der Waals surface area contributed by atoms with Crippen LogP contribution in [0, 0.1) is 11.8 Å². The summed E-state index contributed by atoms with van der Waals surface area (Å²) in [5.41, 5.74) is 0. The van der Waals surface area contributed by atoms with Crippen molar-refractivity contribution in [3.05, 3.63) is 0 Å². The summed E-state index contributed by atoms with van der Waals surface area (Å²) < 4.78 is 0. The fourth-order valence-electron chi connectivity index (χ4n) is 5.01. The molecule has 0 aromatic carbocycles. The predicted octanol–water partition coefficient (Wildman–Crippen LogP) is 3.79. The number of rotatable bonds is 3. The summed E-state index contributed by atoms with van der Waals surface area (Å²) in [7, 11) is 0. The van der Waals surface area contributed by atoms with Crippen molar-refractivity contribution in [2.75, 3.05) is 6.54 Å². The number of hydrogen-bond acceptors (Lipinski definition) is 2. The van der Waals surface area contributed by atoms with E-state index in [4.69, 9.17) is 0 Å². The largest absolute Gasteiger partial charge is 0.299 e. The third-order valence-corrected chi connectivity index (χ3v) is 5.98. The molecule has 108 valence electrons. The molecule has 2 heteroatoms. The molecule has 4 unspecified atom stereocenters. The Morgan fingerprint density at radius 2 is 1.79 bits per heavy atom. The Kier molecular flexibility index (Phi) is 4.26. The van der Waals surface area contributed by atoms with Crippen LogP contribution < -0.4 is 0 Å². The quantitative estimate of drug-likeness (QED) is 0.772. The van der Waals surface area contributed by atoms with Crippen LogP contribution in [0.25, 0.3) is 0 Å². The van der Waals surface area contributed by atoms with E-state index < -0.39 is 0 Å². The normalized spacial score (nSPS) is 41.0. The minimum atomic E-state index is 0.391. The number of hydrogen-bond donors (Lipinski definition) is 0. The van der Waals surface area contributed by atoms with E-state index in [0.717, 1.165) is 24.8 Å². The van der Waals surface area contributed by atoms with Gasteiger partial charge in [0.15, 0.2) is 0 Å². The van der Waals surface area contributed by atoms with Crippen molar-refractivity contribution in [2.24, 2.45) is 11.8 Å². The average Bonchev–Trinajstić information content (AvgIpc) is 3.06. The summed E-state index contributed by atoms with van der Waals surface area (Å²) in [4.78, 5) is 14.9. The zero-order chi connectivity index (χ0) is 13.2. The Morgan fingerprint density at radius 3 is 2.53 bits per heavy atom. The number of likely N-dealkylation sites (tertiary alicyclic amines) is 1. The fourth-order valence-corrected chi connectivity index (χ4v) is 5.01. The molecule has 1 saturated heterocycles. The predicted molar refractivity (Wildman–Crippen MR) is 78.1 cm³/mol. The molecule has 3 rings (SSSR count). The molecule has 1 heterocycles. The van der Waals surface area contributed by atoms with Crippen molar-refractivity contribution in [1.82, 2.24) is 4.90 Å². The molecule has 3 fully saturated rings. The lowest BCUT2D eigenvalue weighted by Gasteiger charge is -2.42. The third-order valence-electron chi connectivity index (χ3n) is 5.98. The number of carbonyl (C=O) groups is 1. The van der Waals surface area contributed by atoms with Gasteiger partial charge in [0.25, 0.3) is 0 Å². The van der Waals surface area contributed by atoms with Crippen molar-refractivity contribution in [3.8, 4) is 0 Å². The first-order valence-electron chi connectivity index (χ1n) is 8.59. The standard InChI is InChI=1S/C17H29NO/c1-2-13-7-3-4-9-15(13)18-12-6-10-16(18)14-8-5-11-17(14)19/h13-16H,2-12H2,1H3. The number of ketones is 1. The van der Waals surface area contributed by atoms with Gasteiger partial charge in [-0.3, -0.25) is 9.69 Å². The molecule has 3 aliphatic rings. The first kappa shape index (κ1) is 13.6. The van der Waals surface area contributed by atoms with E-state index in [1.165, 1.54) is 57.9 Å². The van der Waals surface area contributed by atoms with Crippen LogP contribution in [-0.2, 0) is 4.79 Å². The van der Waals surface area contributed by atoms with Gasteiger partial charge in [0, 0.05) is 24.4 Å². The highest BCUT2D eigenvalue weighted by Crippen LogP contribution is 2.39. The Labute approximate surface area is 117 Å². The lowest BCUT2D eigenvalue weighted by atomic mass is 9.81. The molecule has 0 aromatic heterocycles. The average molecular weight is 263 g/mol. The summed E-state index contributed by atoms with van der Waals surface area (Å²) >= 11 is 0. The van der Waals surface area contributed by atoms with Gasteiger partial charge in [0.05, 0.1) is 0 Å². The molecular weight excluding hydrogens is 234 g/mol. The second-order valence-corrected chi connectivity index (χ2v) is 6.93. The summed E-state index contributed by atoms with van der Waals surface area (Å²) in [5.74, 6) is 1.86. The van der Waals surface area contributed by atoms with Crippen molar-refractivity contribution < 1.29 is 4.79 Å². The molecular formula is C17H29NO. The van der Waals surface area contributed by atoms with Crippen LogP contribution in [0.4, 0.5) is 0 Å². The number of nitrogens with zero attached hydrogens (tertiary/aromatic N) is 1. The number of Topliss-reactive ketones (excluding diaryl/α,β-unsaturated/α-hetero) is 1. The van der Waals surface area contributed by atoms with Crippen LogP contribution in [0.1, 0.15) is 71.1 Å². The maximum absolute atomic E-state index is 12.1. The molecule has 2 aliphatic carbocycles. The van der Waals surface area contributed by atoms with E-state index in [-0.39, 0.29) is 0 Å². The Bertz CT molecular complexity index is 327. The van der Waals surface area contributed by atoms with Crippen molar-refractivity contribution in [2.45, 2.75) is 83.2 Å². The van der Waals surface area contributed by atoms with Gasteiger partial charge in [-0.2, -0.15) is 0 Å². The lowest BCUT2D eigenvalue weighted by Crippen LogP contribution is -2.48. The minimum Gasteiger partial charge on any atom is -0.299 e. The summed E-state index contributed by atoms with van der Waals surface area (Å²) in [6.07, 6.45) is 12.7. The van der Waals surface area contributed by atoms with Crippen LogP contribution in [-0.4, -0.2) is 29.3 Å². The molecule has 0 aromatic rings. The van der Waals surface area contributed by atoms with Crippen molar-refractivity contribution >= 4 is 5.78 Å². The monoisotopic (exact) mass is 263 g/mol. The van der Waals surface area contributed by atoms with Gasteiger partial charge in [0.2, 0.25) is 0 Å². The summed E-state index contributed by atoms with van der Waals surface area (Å²) in [6.45, 7) is 3.62. The molecule has 2 saturated carbocycles. The van der Waals surface area contributed by atoms with Gasteiger partial charge in [-0.1, -0.05) is 26.2 Å². The van der Waals surface area contributed by atoms with E-state index >= 15 is 0 Å². The molecule has 0 N–H and O–H groups in total. The molecule has 4 atom stereocenters. The fraction of sp³-hybridized carbons (Fsp3) is 0.941. The summed E-state index contributed by atoms with van der Waals surface area (Å²) in [5, 5.41) is 0. The third kappa shape index (κ3) is 2.61. The second-order valence-electron chi connectivity index (χ2n) is 6.93. The van der Waals surface area contributed by atoms with Gasteiger partial charge < -0.3 is 0 Å². The highest BCUT2D eigenvalue weighted by molar-refractivity contribution is 5.83. The zero-order valence-electron chi connectivity index (χ0n) is 12.4. The first-order valence-corrected chi connectivity index (χ1v) is 8.59. The van der Waals surface area contributed by atoms with Crippen LogP contribution in [0.5, 0.6) is 0 Å². The van der Waals surface area contributed by atoms with E-state index in [9.17, 15) is 4.79 Å². The van der Waals surface area contributed by atoms with Gasteiger partial charge in [0.1, 0.15) is 5.78 Å². The molecule has 2 nitrogen and oxygen atoms in total. The van der Waals surface area contributed by atoms with Crippen LogP contribution in [0.2, 0.25) is 0 Å². The Morgan fingerprint density at radius 1 is 1.00 bits per heavy atom. The van der Waals surface area contributed by atoms with E-state index in [0.29, 0.717) is 17.7 Å². The van der Waals surface area contributed by atoms with Gasteiger partial charge in [-0.25, -0.2) is 0 Å². The molecule has 19 heavy (non-hydrogen) atoms. The first-order chi connectivity index (χ1) is 9.31. The lowest BCUT2D eigenvalue weighted by molar-refractivity contribution is -0.122. The van der Waals surface area contributed by atoms with E-state index in [1.807, 2.05) is 0 Å². The SMILES string of the molecule is CCC1CCCCC1N1CCCC1C1CCCC1=O. The maximum Gasteiger partial charge on any atom is 0.137 e. The van der Waals surface area contributed by atoms with Crippen LogP contribution in [0.15, 0.2) is 0 Å². The van der Waals surface area contributed by atoms with Crippen LogP contribution in [0.3, 0.4) is 0 Å². The summed E-state index contributed by atoms with van der Waals surface area (Å²) in [6, 6.07) is 1.40. The van der Waals surface area contributed by atoms with Gasteiger partial charge in [-0.15, -0.1) is 0 Å². The molecule has 1 aliphatic heterocycles. The Balaban J connectivity index is 1.72.